The lowest BCUT2D eigenvalue weighted by atomic mass is 9.98. The zero-order valence-corrected chi connectivity index (χ0v) is 20.3. The Balaban J connectivity index is 1.39. The van der Waals surface area contributed by atoms with Crippen molar-refractivity contribution < 1.29 is 21.6 Å². The monoisotopic (exact) mass is 491 g/mol. The molecule has 2 fully saturated rings. The molecule has 0 aromatic heterocycles. The minimum atomic E-state index is -3.66. The van der Waals surface area contributed by atoms with Gasteiger partial charge >= 0.3 is 0 Å². The van der Waals surface area contributed by atoms with Gasteiger partial charge < -0.3 is 4.90 Å². The number of sulfonamides is 2. The Morgan fingerprint density at radius 2 is 1.33 bits per heavy atom. The summed E-state index contributed by atoms with van der Waals surface area (Å²) in [5.74, 6) is -0.521. The Morgan fingerprint density at radius 3 is 1.97 bits per heavy atom. The van der Waals surface area contributed by atoms with Crippen molar-refractivity contribution in [2.24, 2.45) is 5.92 Å². The maximum absolute atomic E-state index is 13.2. The number of piperidine rings is 1. The van der Waals surface area contributed by atoms with Gasteiger partial charge in [0.15, 0.2) is 0 Å². The van der Waals surface area contributed by atoms with Gasteiger partial charge in [-0.1, -0.05) is 35.9 Å². The van der Waals surface area contributed by atoms with Gasteiger partial charge in [0.25, 0.3) is 0 Å². The van der Waals surface area contributed by atoms with Crippen LogP contribution in [0.5, 0.6) is 0 Å². The lowest BCUT2D eigenvalue weighted by molar-refractivity contribution is -0.137. The van der Waals surface area contributed by atoms with E-state index in [2.05, 4.69) is 0 Å². The van der Waals surface area contributed by atoms with E-state index in [0.717, 1.165) is 5.56 Å². The first kappa shape index (κ1) is 23.9. The minimum Gasteiger partial charge on any atom is -0.340 e. The van der Waals surface area contributed by atoms with Crippen LogP contribution in [-0.4, -0.2) is 75.5 Å². The third-order valence-electron chi connectivity index (χ3n) is 6.32. The fourth-order valence-corrected chi connectivity index (χ4v) is 7.34. The minimum absolute atomic E-state index is 0.101. The van der Waals surface area contributed by atoms with Crippen LogP contribution in [0.2, 0.25) is 0 Å². The number of piperazine rings is 1. The van der Waals surface area contributed by atoms with E-state index in [4.69, 9.17) is 0 Å². The average Bonchev–Trinajstić information content (AvgIpc) is 2.84. The number of nitrogens with zero attached hydrogens (tertiary/aromatic N) is 3. The lowest BCUT2D eigenvalue weighted by Gasteiger charge is -2.38. The van der Waals surface area contributed by atoms with E-state index >= 15 is 0 Å². The van der Waals surface area contributed by atoms with Crippen LogP contribution in [0.25, 0.3) is 0 Å². The van der Waals surface area contributed by atoms with Gasteiger partial charge in [0.2, 0.25) is 26.0 Å². The van der Waals surface area contributed by atoms with E-state index in [9.17, 15) is 21.6 Å². The van der Waals surface area contributed by atoms with E-state index in [1.807, 2.05) is 6.92 Å². The highest BCUT2D eigenvalue weighted by atomic mass is 32.2. The van der Waals surface area contributed by atoms with Crippen molar-refractivity contribution in [2.45, 2.75) is 29.6 Å². The Kier molecular flexibility index (Phi) is 6.90. The normalized spacial score (nSPS) is 21.1. The zero-order chi connectivity index (χ0) is 23.6. The van der Waals surface area contributed by atoms with Crippen molar-refractivity contribution in [3.05, 3.63) is 60.2 Å². The van der Waals surface area contributed by atoms with Crippen LogP contribution in [0.3, 0.4) is 0 Å². The smallest absolute Gasteiger partial charge is 0.243 e. The lowest BCUT2D eigenvalue weighted by Crippen LogP contribution is -2.54. The second-order valence-corrected chi connectivity index (χ2v) is 12.4. The molecule has 2 aliphatic rings. The summed E-state index contributed by atoms with van der Waals surface area (Å²) < 4.78 is 54.6. The predicted molar refractivity (Wildman–Crippen MR) is 124 cm³/mol. The van der Waals surface area contributed by atoms with Gasteiger partial charge in [0.05, 0.1) is 15.7 Å². The third kappa shape index (κ3) is 4.98. The topological polar surface area (TPSA) is 95.1 Å². The number of aryl methyl sites for hydroxylation is 1. The van der Waals surface area contributed by atoms with Crippen LogP contribution in [-0.2, 0) is 24.8 Å². The van der Waals surface area contributed by atoms with E-state index < -0.39 is 26.0 Å². The summed E-state index contributed by atoms with van der Waals surface area (Å²) in [6.45, 7) is 3.48. The maximum Gasteiger partial charge on any atom is 0.243 e. The van der Waals surface area contributed by atoms with Gasteiger partial charge in [-0.3, -0.25) is 4.79 Å². The fraction of sp³-hybridized carbons (Fsp3) is 0.435. The molecule has 1 atom stereocenters. The quantitative estimate of drug-likeness (QED) is 0.637. The first-order valence-electron chi connectivity index (χ1n) is 11.1. The van der Waals surface area contributed by atoms with Crippen molar-refractivity contribution in [3.8, 4) is 0 Å². The second-order valence-electron chi connectivity index (χ2n) is 8.56. The fourth-order valence-electron chi connectivity index (χ4n) is 4.37. The number of hydrogen-bond acceptors (Lipinski definition) is 5. The van der Waals surface area contributed by atoms with Crippen molar-refractivity contribution in [1.82, 2.24) is 13.5 Å². The second kappa shape index (κ2) is 9.54. The molecule has 0 saturated carbocycles. The molecule has 8 nitrogen and oxygen atoms in total. The molecule has 1 amide bonds. The molecule has 2 heterocycles. The average molecular weight is 492 g/mol. The molecule has 1 unspecified atom stereocenters. The first-order chi connectivity index (χ1) is 15.7. The molecule has 10 heteroatoms. The Morgan fingerprint density at radius 1 is 0.758 bits per heavy atom. The number of hydrogen-bond donors (Lipinski definition) is 0. The van der Waals surface area contributed by atoms with Crippen LogP contribution >= 0.6 is 0 Å². The van der Waals surface area contributed by atoms with E-state index in [1.165, 1.54) is 8.61 Å². The summed E-state index contributed by atoms with van der Waals surface area (Å²) in [4.78, 5) is 15.3. The molecule has 0 aliphatic carbocycles. The summed E-state index contributed by atoms with van der Waals surface area (Å²) in [5.41, 5.74) is 0.981. The largest absolute Gasteiger partial charge is 0.340 e. The van der Waals surface area contributed by atoms with E-state index in [1.54, 1.807) is 59.5 Å². The summed E-state index contributed by atoms with van der Waals surface area (Å²) >= 11 is 0. The Bertz CT molecular complexity index is 1190. The maximum atomic E-state index is 13.2. The number of carbonyl (C=O) groups excluding carboxylic acids is 1. The standard InChI is InChI=1S/C23H29N3O5S2/c1-19-9-11-22(12-10-19)33(30,31)26-13-5-6-20(18-26)23(27)24-14-16-25(17-15-24)32(28,29)21-7-3-2-4-8-21/h2-4,7-12,20H,5-6,13-18H2,1H3. The molecule has 2 aliphatic heterocycles. The predicted octanol–water partition coefficient (Wildman–Crippen LogP) is 1.93. The summed E-state index contributed by atoms with van der Waals surface area (Å²) in [5, 5.41) is 0. The molecule has 0 radical (unpaired) electrons. The molecule has 4 rings (SSSR count). The highest BCUT2D eigenvalue weighted by molar-refractivity contribution is 7.89. The number of benzene rings is 2. The molecular weight excluding hydrogens is 462 g/mol. The van der Waals surface area contributed by atoms with Crippen molar-refractivity contribution in [1.29, 1.82) is 0 Å². The molecule has 2 aromatic carbocycles. The molecule has 178 valence electrons. The van der Waals surface area contributed by atoms with Gasteiger partial charge in [0, 0.05) is 39.3 Å². The van der Waals surface area contributed by atoms with Gasteiger partial charge in [-0.2, -0.15) is 8.61 Å². The van der Waals surface area contributed by atoms with Crippen molar-refractivity contribution >= 4 is 26.0 Å². The van der Waals surface area contributed by atoms with Crippen molar-refractivity contribution in [3.63, 3.8) is 0 Å². The van der Waals surface area contributed by atoms with Crippen LogP contribution in [0.1, 0.15) is 18.4 Å². The van der Waals surface area contributed by atoms with Gasteiger partial charge in [-0.25, -0.2) is 16.8 Å². The van der Waals surface area contributed by atoms with Crippen LogP contribution in [0, 0.1) is 12.8 Å². The number of rotatable bonds is 5. The Hall–Kier alpha value is -2.27. The van der Waals surface area contributed by atoms with Crippen LogP contribution < -0.4 is 0 Å². The van der Waals surface area contributed by atoms with Crippen molar-refractivity contribution in [2.75, 3.05) is 39.3 Å². The van der Waals surface area contributed by atoms with Gasteiger partial charge in [-0.15, -0.1) is 0 Å². The zero-order valence-electron chi connectivity index (χ0n) is 18.6. The number of amides is 1. The highest BCUT2D eigenvalue weighted by Crippen LogP contribution is 2.26. The molecule has 2 aromatic rings. The van der Waals surface area contributed by atoms with Crippen LogP contribution in [0.4, 0.5) is 0 Å². The highest BCUT2D eigenvalue weighted by Gasteiger charge is 2.37. The first-order valence-corrected chi connectivity index (χ1v) is 14.0. The molecule has 0 bridgehead atoms. The molecule has 2 saturated heterocycles. The van der Waals surface area contributed by atoms with Gasteiger partial charge in [0.1, 0.15) is 0 Å². The van der Waals surface area contributed by atoms with E-state index in [-0.39, 0.29) is 35.3 Å². The summed E-state index contributed by atoms with van der Waals surface area (Å²) in [6.07, 6.45) is 1.24. The summed E-state index contributed by atoms with van der Waals surface area (Å²) in [7, 11) is -7.25. The molecule has 0 N–H and O–H groups in total. The number of carbonyl (C=O) groups is 1. The van der Waals surface area contributed by atoms with Gasteiger partial charge in [-0.05, 0) is 44.0 Å². The third-order valence-corrected chi connectivity index (χ3v) is 10.1. The molecular formula is C23H29N3O5S2. The molecule has 0 spiro atoms. The Labute approximate surface area is 195 Å². The van der Waals surface area contributed by atoms with E-state index in [0.29, 0.717) is 32.5 Å². The molecule has 33 heavy (non-hydrogen) atoms. The SMILES string of the molecule is Cc1ccc(S(=O)(=O)N2CCCC(C(=O)N3CCN(S(=O)(=O)c4ccccc4)CC3)C2)cc1. The van der Waals surface area contributed by atoms with Crippen LogP contribution in [0.15, 0.2) is 64.4 Å². The summed E-state index contributed by atoms with van der Waals surface area (Å²) in [6, 6.07) is 15.0.